The van der Waals surface area contributed by atoms with Gasteiger partial charge in [-0.15, -0.1) is 10.2 Å². The highest BCUT2D eigenvalue weighted by Crippen LogP contribution is 2.32. The third-order valence-corrected chi connectivity index (χ3v) is 7.05. The number of nitrogens with zero attached hydrogens (tertiary/aromatic N) is 5. The quantitative estimate of drug-likeness (QED) is 0.809. The van der Waals surface area contributed by atoms with Gasteiger partial charge in [0, 0.05) is 31.1 Å². The summed E-state index contributed by atoms with van der Waals surface area (Å²) in [6, 6.07) is 0.585. The maximum Gasteiger partial charge on any atom is 0.229 e. The number of aromatic nitrogens is 4. The fraction of sp³-hybridized carbons (Fsp3) is 0.650. The van der Waals surface area contributed by atoms with Crippen LogP contribution in [0.2, 0.25) is 0 Å². The maximum atomic E-state index is 12.8. The van der Waals surface area contributed by atoms with Crippen LogP contribution in [0.1, 0.15) is 68.5 Å². The molecule has 29 heavy (non-hydrogen) atoms. The molecule has 2 amide bonds. The fourth-order valence-electron chi connectivity index (χ4n) is 4.07. The number of hydrogen-bond donors (Lipinski definition) is 1. The molecule has 0 bridgehead atoms. The molecular weight excluding hydrogens is 388 g/mol. The van der Waals surface area contributed by atoms with E-state index in [0.717, 1.165) is 30.7 Å². The Kier molecular flexibility index (Phi) is 5.67. The van der Waals surface area contributed by atoms with Crippen LogP contribution in [0.25, 0.3) is 0 Å². The van der Waals surface area contributed by atoms with E-state index in [1.165, 1.54) is 16.9 Å². The van der Waals surface area contributed by atoms with E-state index in [4.69, 9.17) is 0 Å². The van der Waals surface area contributed by atoms with Crippen LogP contribution in [0, 0.1) is 12.8 Å². The van der Waals surface area contributed by atoms with Crippen LogP contribution in [-0.2, 0) is 9.59 Å². The summed E-state index contributed by atoms with van der Waals surface area (Å²) < 4.78 is 2.05. The third kappa shape index (κ3) is 4.34. The monoisotopic (exact) mass is 416 g/mol. The molecule has 2 aromatic heterocycles. The highest BCUT2D eigenvalue weighted by atomic mass is 32.1. The van der Waals surface area contributed by atoms with E-state index < -0.39 is 0 Å². The SMILES string of the molecule is Cc1cnn(C2CCC(NC(=O)C3CC(=O)N(c4nnc(C(C)C)s4)C3)CC2)c1. The van der Waals surface area contributed by atoms with Crippen molar-refractivity contribution in [2.24, 2.45) is 5.92 Å². The lowest BCUT2D eigenvalue weighted by Crippen LogP contribution is -2.42. The van der Waals surface area contributed by atoms with Crippen LogP contribution in [0.15, 0.2) is 12.4 Å². The van der Waals surface area contributed by atoms with Gasteiger partial charge in [-0.05, 0) is 38.2 Å². The van der Waals surface area contributed by atoms with Crippen molar-refractivity contribution in [3.63, 3.8) is 0 Å². The van der Waals surface area contributed by atoms with Crippen molar-refractivity contribution >= 4 is 28.3 Å². The molecule has 1 saturated carbocycles. The van der Waals surface area contributed by atoms with E-state index in [0.29, 0.717) is 17.7 Å². The van der Waals surface area contributed by atoms with Crippen LogP contribution in [0.3, 0.4) is 0 Å². The molecule has 156 valence electrons. The van der Waals surface area contributed by atoms with Crippen molar-refractivity contribution < 1.29 is 9.59 Å². The van der Waals surface area contributed by atoms with Gasteiger partial charge in [-0.2, -0.15) is 5.10 Å². The molecule has 0 spiro atoms. The molecule has 2 aliphatic rings. The molecule has 2 fully saturated rings. The average molecular weight is 417 g/mol. The minimum absolute atomic E-state index is 0.0205. The minimum Gasteiger partial charge on any atom is -0.353 e. The van der Waals surface area contributed by atoms with Crippen molar-refractivity contribution in [1.29, 1.82) is 0 Å². The van der Waals surface area contributed by atoms with E-state index in [1.54, 1.807) is 4.90 Å². The zero-order valence-electron chi connectivity index (χ0n) is 17.2. The highest BCUT2D eigenvalue weighted by Gasteiger charge is 2.38. The molecule has 1 unspecified atom stereocenters. The topological polar surface area (TPSA) is 93.0 Å². The second-order valence-electron chi connectivity index (χ2n) is 8.49. The molecular formula is C20H28N6O2S. The van der Waals surface area contributed by atoms with Gasteiger partial charge in [0.25, 0.3) is 0 Å². The summed E-state index contributed by atoms with van der Waals surface area (Å²) in [6.07, 6.45) is 8.10. The summed E-state index contributed by atoms with van der Waals surface area (Å²) in [5.41, 5.74) is 1.17. The number of aryl methyl sites for hydroxylation is 1. The number of carbonyl (C=O) groups excluding carboxylic acids is 2. The number of hydrogen-bond acceptors (Lipinski definition) is 6. The van der Waals surface area contributed by atoms with E-state index in [1.807, 2.05) is 17.8 Å². The van der Waals surface area contributed by atoms with Gasteiger partial charge in [0.2, 0.25) is 16.9 Å². The summed E-state index contributed by atoms with van der Waals surface area (Å²) in [5.74, 6) is -0.110. The molecule has 1 aliphatic heterocycles. The molecule has 3 heterocycles. The summed E-state index contributed by atoms with van der Waals surface area (Å²) in [4.78, 5) is 26.8. The minimum atomic E-state index is -0.319. The Balaban J connectivity index is 1.29. The molecule has 0 radical (unpaired) electrons. The smallest absolute Gasteiger partial charge is 0.229 e. The second kappa shape index (κ2) is 8.22. The Morgan fingerprint density at radius 3 is 2.62 bits per heavy atom. The molecule has 1 aliphatic carbocycles. The molecule has 1 saturated heterocycles. The van der Waals surface area contributed by atoms with Crippen LogP contribution in [0.5, 0.6) is 0 Å². The Morgan fingerprint density at radius 2 is 2.00 bits per heavy atom. The molecule has 4 rings (SSSR count). The molecule has 1 N–H and O–H groups in total. The van der Waals surface area contributed by atoms with Crippen LogP contribution in [-0.4, -0.2) is 44.4 Å². The maximum absolute atomic E-state index is 12.8. The van der Waals surface area contributed by atoms with Crippen molar-refractivity contribution in [1.82, 2.24) is 25.3 Å². The fourth-order valence-corrected chi connectivity index (χ4v) is 4.95. The Labute approximate surface area is 174 Å². The van der Waals surface area contributed by atoms with E-state index in [9.17, 15) is 9.59 Å². The van der Waals surface area contributed by atoms with Crippen molar-refractivity contribution in [2.75, 3.05) is 11.4 Å². The van der Waals surface area contributed by atoms with E-state index >= 15 is 0 Å². The zero-order valence-corrected chi connectivity index (χ0v) is 18.0. The van der Waals surface area contributed by atoms with Crippen molar-refractivity contribution in [3.05, 3.63) is 23.0 Å². The number of amides is 2. The molecule has 1 atom stereocenters. The summed E-state index contributed by atoms with van der Waals surface area (Å²) >= 11 is 1.43. The summed E-state index contributed by atoms with van der Waals surface area (Å²) in [6.45, 7) is 6.54. The lowest BCUT2D eigenvalue weighted by molar-refractivity contribution is -0.127. The number of carbonyl (C=O) groups is 2. The van der Waals surface area contributed by atoms with Crippen molar-refractivity contribution in [3.8, 4) is 0 Å². The van der Waals surface area contributed by atoms with Gasteiger partial charge in [-0.25, -0.2) is 0 Å². The van der Waals surface area contributed by atoms with Crippen molar-refractivity contribution in [2.45, 2.75) is 70.9 Å². The standard InChI is InChI=1S/C20H28N6O2S/c1-12(2)19-23-24-20(29-19)25-11-14(8-17(25)27)18(28)22-15-4-6-16(7-5-15)26-10-13(3)9-21-26/h9-10,12,14-16H,4-8,11H2,1-3H3,(H,22,28). The molecule has 0 aromatic carbocycles. The third-order valence-electron chi connectivity index (χ3n) is 5.80. The first-order valence-electron chi connectivity index (χ1n) is 10.4. The molecule has 9 heteroatoms. The summed E-state index contributed by atoms with van der Waals surface area (Å²) in [5, 5.41) is 17.4. The summed E-state index contributed by atoms with van der Waals surface area (Å²) in [7, 11) is 0. The Hall–Kier alpha value is -2.29. The van der Waals surface area contributed by atoms with Gasteiger partial charge in [0.05, 0.1) is 18.2 Å². The first-order valence-corrected chi connectivity index (χ1v) is 11.2. The van der Waals surface area contributed by atoms with Gasteiger partial charge in [0.15, 0.2) is 0 Å². The van der Waals surface area contributed by atoms with Crippen LogP contribution in [0.4, 0.5) is 5.13 Å². The zero-order chi connectivity index (χ0) is 20.5. The Morgan fingerprint density at radius 1 is 1.24 bits per heavy atom. The van der Waals surface area contributed by atoms with E-state index in [2.05, 4.69) is 40.7 Å². The van der Waals surface area contributed by atoms with Gasteiger partial charge in [-0.1, -0.05) is 25.2 Å². The number of nitrogens with one attached hydrogen (secondary N) is 1. The van der Waals surface area contributed by atoms with Gasteiger partial charge in [-0.3, -0.25) is 19.2 Å². The highest BCUT2D eigenvalue weighted by molar-refractivity contribution is 7.15. The Bertz CT molecular complexity index is 883. The molecule has 2 aromatic rings. The van der Waals surface area contributed by atoms with Gasteiger partial charge in [0.1, 0.15) is 5.01 Å². The first kappa shape index (κ1) is 20.0. The predicted octanol–water partition coefficient (Wildman–Crippen LogP) is 2.82. The van der Waals surface area contributed by atoms with E-state index in [-0.39, 0.29) is 36.1 Å². The first-order chi connectivity index (χ1) is 13.9. The lowest BCUT2D eigenvalue weighted by atomic mass is 9.90. The predicted molar refractivity (Wildman–Crippen MR) is 111 cm³/mol. The number of anilines is 1. The van der Waals surface area contributed by atoms with Gasteiger partial charge >= 0.3 is 0 Å². The van der Waals surface area contributed by atoms with Gasteiger partial charge < -0.3 is 5.32 Å². The van der Waals surface area contributed by atoms with Crippen LogP contribution < -0.4 is 10.2 Å². The normalized spacial score (nSPS) is 25.0. The largest absolute Gasteiger partial charge is 0.353 e. The number of rotatable bonds is 5. The average Bonchev–Trinajstić information content (AvgIpc) is 3.41. The molecule has 8 nitrogen and oxygen atoms in total. The van der Waals surface area contributed by atoms with Crippen LogP contribution >= 0.6 is 11.3 Å². The lowest BCUT2D eigenvalue weighted by Gasteiger charge is -2.30. The second-order valence-corrected chi connectivity index (χ2v) is 9.48.